The lowest BCUT2D eigenvalue weighted by molar-refractivity contribution is -0.132. The van der Waals surface area contributed by atoms with Gasteiger partial charge in [0.25, 0.3) is 5.91 Å². The van der Waals surface area contributed by atoms with Gasteiger partial charge in [-0.15, -0.1) is 5.01 Å². The molecule has 0 saturated heterocycles. The van der Waals surface area contributed by atoms with Crippen molar-refractivity contribution < 1.29 is 23.9 Å². The Bertz CT molecular complexity index is 438. The number of hydrogen-bond acceptors (Lipinski definition) is 5. The lowest BCUT2D eigenvalue weighted by atomic mass is 10.1. The summed E-state index contributed by atoms with van der Waals surface area (Å²) in [5.41, 5.74) is 2.18. The van der Waals surface area contributed by atoms with Crippen LogP contribution in [-0.2, 0) is 14.3 Å². The molecule has 0 rings (SSSR count). The summed E-state index contributed by atoms with van der Waals surface area (Å²) in [5.74, 6) is -0.496. The normalized spacial score (nSPS) is 10.8. The van der Waals surface area contributed by atoms with E-state index >= 15 is 0 Å². The molecular weight excluding hydrogens is 348 g/mol. The maximum absolute atomic E-state index is 12.3. The minimum absolute atomic E-state index is 0.172. The quantitative estimate of drug-likeness (QED) is 0.362. The van der Waals surface area contributed by atoms with Gasteiger partial charge in [-0.1, -0.05) is 58.3 Å². The molecule has 0 bridgehead atoms. The number of ether oxygens (including phenoxy) is 2. The van der Waals surface area contributed by atoms with E-state index < -0.39 is 24.2 Å². The second-order valence-electron chi connectivity index (χ2n) is 7.31. The zero-order chi connectivity index (χ0) is 20.7. The van der Waals surface area contributed by atoms with E-state index in [9.17, 15) is 14.4 Å². The van der Waals surface area contributed by atoms with E-state index in [-0.39, 0.29) is 12.5 Å². The third kappa shape index (κ3) is 14.0. The third-order valence-corrected chi connectivity index (χ3v) is 3.81. The average molecular weight is 387 g/mol. The van der Waals surface area contributed by atoms with Gasteiger partial charge in [0.1, 0.15) is 0 Å². The minimum atomic E-state index is -0.897. The van der Waals surface area contributed by atoms with E-state index in [1.807, 2.05) is 0 Å². The lowest BCUT2D eigenvalue weighted by Crippen LogP contribution is -2.51. The SMILES string of the molecule is CCCCCCCCCCCC(=O)N(NC(=O)OC(C)C)C(=O)OC(C)C. The largest absolute Gasteiger partial charge is 0.446 e. The Balaban J connectivity index is 4.29. The highest BCUT2D eigenvalue weighted by atomic mass is 16.6. The van der Waals surface area contributed by atoms with Gasteiger partial charge in [0.05, 0.1) is 12.2 Å². The van der Waals surface area contributed by atoms with Gasteiger partial charge in [-0.05, 0) is 34.1 Å². The summed E-state index contributed by atoms with van der Waals surface area (Å²) in [6.07, 6.45) is 7.80. The first kappa shape index (κ1) is 25.2. The maximum atomic E-state index is 12.3. The molecule has 0 aliphatic rings. The van der Waals surface area contributed by atoms with E-state index in [4.69, 9.17) is 9.47 Å². The first-order valence-electron chi connectivity index (χ1n) is 10.3. The van der Waals surface area contributed by atoms with Crippen molar-refractivity contribution >= 4 is 18.1 Å². The van der Waals surface area contributed by atoms with Crippen molar-refractivity contribution in [2.24, 2.45) is 0 Å². The Hall–Kier alpha value is -1.79. The Labute approximate surface area is 164 Å². The van der Waals surface area contributed by atoms with Gasteiger partial charge >= 0.3 is 12.2 Å². The highest BCUT2D eigenvalue weighted by molar-refractivity contribution is 5.93. The molecule has 0 fully saturated rings. The zero-order valence-corrected chi connectivity index (χ0v) is 17.7. The minimum Gasteiger partial charge on any atom is -0.446 e. The molecule has 0 aromatic carbocycles. The molecule has 0 saturated carbocycles. The second kappa shape index (κ2) is 15.3. The molecule has 158 valence electrons. The summed E-state index contributed by atoms with van der Waals surface area (Å²) in [5, 5.41) is 0.620. The molecular formula is C20H38N2O5. The Morgan fingerprint density at radius 3 is 1.74 bits per heavy atom. The van der Waals surface area contributed by atoms with Crippen LogP contribution < -0.4 is 5.43 Å². The number of amides is 3. The number of rotatable bonds is 12. The first-order chi connectivity index (χ1) is 12.8. The number of imide groups is 1. The number of carbonyl (C=O) groups is 3. The van der Waals surface area contributed by atoms with Crippen molar-refractivity contribution in [2.75, 3.05) is 0 Å². The summed E-state index contributed by atoms with van der Waals surface area (Å²) < 4.78 is 9.96. The van der Waals surface area contributed by atoms with Crippen LogP contribution in [0.1, 0.15) is 98.8 Å². The van der Waals surface area contributed by atoms with E-state index in [0.717, 1.165) is 19.3 Å². The summed E-state index contributed by atoms with van der Waals surface area (Å²) in [6.45, 7) is 8.91. The van der Waals surface area contributed by atoms with Gasteiger partial charge in [-0.25, -0.2) is 15.0 Å². The predicted molar refractivity (Wildman–Crippen MR) is 105 cm³/mol. The molecule has 1 N–H and O–H groups in total. The van der Waals surface area contributed by atoms with Crippen LogP contribution in [0.25, 0.3) is 0 Å². The van der Waals surface area contributed by atoms with Crippen molar-refractivity contribution in [3.63, 3.8) is 0 Å². The number of unbranched alkanes of at least 4 members (excludes halogenated alkanes) is 8. The average Bonchev–Trinajstić information content (AvgIpc) is 2.56. The summed E-state index contributed by atoms with van der Waals surface area (Å²) in [4.78, 5) is 36.2. The van der Waals surface area contributed by atoms with Gasteiger partial charge < -0.3 is 9.47 Å². The Kier molecular flexibility index (Phi) is 14.3. The van der Waals surface area contributed by atoms with Crippen molar-refractivity contribution in [1.29, 1.82) is 0 Å². The number of carbonyl (C=O) groups excluding carboxylic acids is 3. The highest BCUT2D eigenvalue weighted by Gasteiger charge is 2.26. The maximum Gasteiger partial charge on any atom is 0.436 e. The molecule has 0 unspecified atom stereocenters. The molecule has 0 aliphatic carbocycles. The van der Waals surface area contributed by atoms with Crippen LogP contribution in [0.3, 0.4) is 0 Å². The van der Waals surface area contributed by atoms with E-state index in [2.05, 4.69) is 12.3 Å². The first-order valence-corrected chi connectivity index (χ1v) is 10.3. The smallest absolute Gasteiger partial charge is 0.436 e. The standard InChI is InChI=1S/C20H38N2O5/c1-6-7-8-9-10-11-12-13-14-15-18(23)22(20(25)27-17(4)5)21-19(24)26-16(2)3/h16-17H,6-15H2,1-5H3,(H,21,24). The van der Waals surface area contributed by atoms with Crippen molar-refractivity contribution in [1.82, 2.24) is 10.4 Å². The molecule has 0 heterocycles. The lowest BCUT2D eigenvalue weighted by Gasteiger charge is -2.22. The van der Waals surface area contributed by atoms with Gasteiger partial charge in [-0.3, -0.25) is 4.79 Å². The molecule has 0 spiro atoms. The fourth-order valence-electron chi connectivity index (χ4n) is 2.49. The van der Waals surface area contributed by atoms with E-state index in [0.29, 0.717) is 11.4 Å². The Morgan fingerprint density at radius 2 is 1.26 bits per heavy atom. The van der Waals surface area contributed by atoms with E-state index in [1.165, 1.54) is 32.1 Å². The van der Waals surface area contributed by atoms with Crippen LogP contribution in [0.4, 0.5) is 9.59 Å². The summed E-state index contributed by atoms with van der Waals surface area (Å²) >= 11 is 0. The fraction of sp³-hybridized carbons (Fsp3) is 0.850. The van der Waals surface area contributed by atoms with Crippen LogP contribution in [0.5, 0.6) is 0 Å². The summed E-state index contributed by atoms with van der Waals surface area (Å²) in [7, 11) is 0. The molecule has 3 amide bonds. The Morgan fingerprint density at radius 1 is 0.778 bits per heavy atom. The molecule has 0 aromatic heterocycles. The monoisotopic (exact) mass is 386 g/mol. The number of nitrogens with one attached hydrogen (secondary N) is 1. The second-order valence-corrected chi connectivity index (χ2v) is 7.31. The zero-order valence-electron chi connectivity index (χ0n) is 17.7. The number of hydrazine groups is 1. The molecule has 7 heteroatoms. The van der Waals surface area contributed by atoms with Crippen LogP contribution in [0, 0.1) is 0 Å². The topological polar surface area (TPSA) is 84.9 Å². The van der Waals surface area contributed by atoms with Gasteiger partial charge in [0.2, 0.25) is 0 Å². The third-order valence-electron chi connectivity index (χ3n) is 3.81. The molecule has 0 atom stereocenters. The van der Waals surface area contributed by atoms with Crippen LogP contribution in [0.2, 0.25) is 0 Å². The van der Waals surface area contributed by atoms with Crippen LogP contribution in [0.15, 0.2) is 0 Å². The fourth-order valence-corrected chi connectivity index (χ4v) is 2.49. The van der Waals surface area contributed by atoms with E-state index in [1.54, 1.807) is 27.7 Å². The predicted octanol–water partition coefficient (Wildman–Crippen LogP) is 5.33. The van der Waals surface area contributed by atoms with Crippen LogP contribution in [-0.4, -0.2) is 35.3 Å². The van der Waals surface area contributed by atoms with Crippen molar-refractivity contribution in [3.8, 4) is 0 Å². The van der Waals surface area contributed by atoms with Crippen molar-refractivity contribution in [2.45, 2.75) is 111 Å². The number of hydrogen-bond donors (Lipinski definition) is 1. The molecule has 0 aliphatic heterocycles. The highest BCUT2D eigenvalue weighted by Crippen LogP contribution is 2.11. The molecule has 7 nitrogen and oxygen atoms in total. The molecule has 27 heavy (non-hydrogen) atoms. The van der Waals surface area contributed by atoms with Gasteiger partial charge in [0, 0.05) is 6.42 Å². The molecule has 0 radical (unpaired) electrons. The van der Waals surface area contributed by atoms with Gasteiger partial charge in [0.15, 0.2) is 0 Å². The van der Waals surface area contributed by atoms with Crippen LogP contribution >= 0.6 is 0 Å². The number of nitrogens with zero attached hydrogens (tertiary/aromatic N) is 1. The van der Waals surface area contributed by atoms with Gasteiger partial charge in [-0.2, -0.15) is 0 Å². The molecule has 0 aromatic rings. The summed E-state index contributed by atoms with van der Waals surface area (Å²) in [6, 6.07) is 0. The van der Waals surface area contributed by atoms with Crippen molar-refractivity contribution in [3.05, 3.63) is 0 Å².